The summed E-state index contributed by atoms with van der Waals surface area (Å²) in [7, 11) is 3.53. The molecule has 1 saturated heterocycles. The average molecular weight is 474 g/mol. The number of benzene rings is 1. The molecule has 178 valence electrons. The molecule has 3 aromatic rings. The summed E-state index contributed by atoms with van der Waals surface area (Å²) in [5.74, 6) is 0.747. The minimum Gasteiger partial charge on any atom is -0.497 e. The lowest BCUT2D eigenvalue weighted by molar-refractivity contribution is 0.103. The van der Waals surface area contributed by atoms with Crippen LogP contribution in [0.25, 0.3) is 10.9 Å². The van der Waals surface area contributed by atoms with Crippen molar-refractivity contribution in [2.45, 2.75) is 29.3 Å². The van der Waals surface area contributed by atoms with Crippen molar-refractivity contribution in [1.29, 1.82) is 0 Å². The zero-order valence-electron chi connectivity index (χ0n) is 19.5. The SMILES string of the molecule is COc1ccc2c3c(n(C)c2c1)[C@@H](CO)N(S(=O)(=O)c1cn(C)cn1)CC31CCN(C)CC1. The molecular formula is C23H31N5O4S. The van der Waals surface area contributed by atoms with Gasteiger partial charge in [0.15, 0.2) is 5.03 Å². The zero-order valence-corrected chi connectivity index (χ0v) is 20.3. The van der Waals surface area contributed by atoms with Gasteiger partial charge in [0, 0.05) is 49.4 Å². The van der Waals surface area contributed by atoms with E-state index in [1.54, 1.807) is 18.7 Å². The Morgan fingerprint density at radius 2 is 1.94 bits per heavy atom. The number of hydrogen-bond donors (Lipinski definition) is 1. The number of likely N-dealkylation sites (tertiary alicyclic amines) is 1. The number of fused-ring (bicyclic) bond motifs is 4. The molecule has 0 radical (unpaired) electrons. The summed E-state index contributed by atoms with van der Waals surface area (Å²) in [6.45, 7) is 1.78. The molecule has 1 atom stereocenters. The van der Waals surface area contributed by atoms with E-state index in [1.165, 1.54) is 22.4 Å². The predicted molar refractivity (Wildman–Crippen MR) is 125 cm³/mol. The van der Waals surface area contributed by atoms with Crippen LogP contribution in [0.4, 0.5) is 0 Å². The monoisotopic (exact) mass is 473 g/mol. The number of nitrogens with zero attached hydrogens (tertiary/aromatic N) is 5. The lowest BCUT2D eigenvalue weighted by atomic mass is 9.69. The third-order valence-electron chi connectivity index (χ3n) is 7.48. The van der Waals surface area contributed by atoms with Crippen LogP contribution in [0.5, 0.6) is 5.75 Å². The fourth-order valence-electron chi connectivity index (χ4n) is 5.66. The van der Waals surface area contributed by atoms with E-state index in [4.69, 9.17) is 4.74 Å². The Bertz CT molecular complexity index is 1300. The van der Waals surface area contributed by atoms with Gasteiger partial charge in [0.05, 0.1) is 31.6 Å². The molecule has 2 aromatic heterocycles. The van der Waals surface area contributed by atoms with Crippen LogP contribution >= 0.6 is 0 Å². The number of sulfonamides is 1. The van der Waals surface area contributed by atoms with Gasteiger partial charge < -0.3 is 23.9 Å². The first kappa shape index (κ1) is 22.4. The van der Waals surface area contributed by atoms with Gasteiger partial charge in [0.2, 0.25) is 0 Å². The Morgan fingerprint density at radius 3 is 2.55 bits per heavy atom. The first-order chi connectivity index (χ1) is 15.7. The van der Waals surface area contributed by atoms with E-state index in [1.807, 2.05) is 23.7 Å². The van der Waals surface area contributed by atoms with Gasteiger partial charge in [-0.05, 0) is 50.7 Å². The van der Waals surface area contributed by atoms with Gasteiger partial charge in [0.1, 0.15) is 5.75 Å². The van der Waals surface area contributed by atoms with Crippen molar-refractivity contribution in [3.8, 4) is 5.75 Å². The molecular weight excluding hydrogens is 442 g/mol. The second-order valence-electron chi connectivity index (χ2n) is 9.41. The van der Waals surface area contributed by atoms with E-state index in [-0.39, 0.29) is 17.0 Å². The largest absolute Gasteiger partial charge is 0.497 e. The molecule has 0 bridgehead atoms. The van der Waals surface area contributed by atoms with Crippen LogP contribution in [-0.2, 0) is 29.5 Å². The van der Waals surface area contributed by atoms with Gasteiger partial charge in [-0.1, -0.05) is 0 Å². The molecule has 0 saturated carbocycles. The maximum Gasteiger partial charge on any atom is 0.262 e. The van der Waals surface area contributed by atoms with Crippen LogP contribution in [0, 0.1) is 0 Å². The molecule has 0 amide bonds. The topological polar surface area (TPSA) is 92.8 Å². The summed E-state index contributed by atoms with van der Waals surface area (Å²) in [5.41, 5.74) is 2.66. The number of hydrogen-bond acceptors (Lipinski definition) is 6. The number of imidazole rings is 1. The Hall–Kier alpha value is -2.40. The number of methoxy groups -OCH3 is 1. The minimum absolute atomic E-state index is 0.00964. The summed E-state index contributed by atoms with van der Waals surface area (Å²) in [6.07, 6.45) is 4.69. The van der Waals surface area contributed by atoms with Crippen LogP contribution in [0.15, 0.2) is 35.7 Å². The minimum atomic E-state index is -3.91. The first-order valence-electron chi connectivity index (χ1n) is 11.2. The maximum absolute atomic E-state index is 13.8. The molecule has 1 fully saturated rings. The summed E-state index contributed by atoms with van der Waals surface area (Å²) < 4.78 is 38.2. The van der Waals surface area contributed by atoms with E-state index in [0.717, 1.165) is 48.3 Å². The highest BCUT2D eigenvalue weighted by Gasteiger charge is 2.51. The quantitative estimate of drug-likeness (QED) is 0.619. The van der Waals surface area contributed by atoms with Crippen molar-refractivity contribution in [2.24, 2.45) is 14.1 Å². The molecule has 5 rings (SSSR count). The summed E-state index contributed by atoms with van der Waals surface area (Å²) >= 11 is 0. The van der Waals surface area contributed by atoms with E-state index >= 15 is 0 Å². The smallest absolute Gasteiger partial charge is 0.262 e. The maximum atomic E-state index is 13.8. The van der Waals surface area contributed by atoms with Crippen LogP contribution in [0.2, 0.25) is 0 Å². The van der Waals surface area contributed by atoms with Gasteiger partial charge in [0.25, 0.3) is 10.0 Å². The molecule has 1 spiro atoms. The summed E-state index contributed by atoms with van der Waals surface area (Å²) in [4.78, 5) is 6.43. The van der Waals surface area contributed by atoms with Crippen LogP contribution in [0.3, 0.4) is 0 Å². The van der Waals surface area contributed by atoms with E-state index in [2.05, 4.69) is 23.0 Å². The number of ether oxygens (including phenoxy) is 1. The van der Waals surface area contributed by atoms with Crippen molar-refractivity contribution in [3.05, 3.63) is 42.0 Å². The number of aromatic nitrogens is 3. The highest BCUT2D eigenvalue weighted by molar-refractivity contribution is 7.89. The molecule has 2 aliphatic rings. The van der Waals surface area contributed by atoms with Crippen molar-refractivity contribution in [1.82, 2.24) is 23.3 Å². The Balaban J connectivity index is 1.77. The molecule has 10 heteroatoms. The third kappa shape index (κ3) is 3.30. The van der Waals surface area contributed by atoms with Crippen molar-refractivity contribution in [2.75, 3.05) is 40.4 Å². The fraction of sp³-hybridized carbons (Fsp3) is 0.522. The number of piperidine rings is 1. The fourth-order valence-corrected chi connectivity index (χ4v) is 7.30. The van der Waals surface area contributed by atoms with Crippen molar-refractivity contribution in [3.63, 3.8) is 0 Å². The molecule has 4 heterocycles. The Morgan fingerprint density at radius 1 is 1.21 bits per heavy atom. The summed E-state index contributed by atoms with van der Waals surface area (Å²) in [6, 6.07) is 5.32. The number of aliphatic hydroxyl groups is 1. The molecule has 1 aromatic carbocycles. The number of aryl methyl sites for hydroxylation is 2. The lowest BCUT2D eigenvalue weighted by Crippen LogP contribution is -2.55. The average Bonchev–Trinajstić information content (AvgIpc) is 3.38. The lowest BCUT2D eigenvalue weighted by Gasteiger charge is -2.49. The molecule has 0 unspecified atom stereocenters. The van der Waals surface area contributed by atoms with Crippen molar-refractivity contribution >= 4 is 20.9 Å². The second kappa shape index (κ2) is 7.83. The van der Waals surface area contributed by atoms with Gasteiger partial charge in [-0.3, -0.25) is 0 Å². The zero-order chi connectivity index (χ0) is 23.5. The van der Waals surface area contributed by atoms with Crippen LogP contribution in [-0.4, -0.2) is 77.2 Å². The number of aliphatic hydroxyl groups excluding tert-OH is 1. The Kier molecular flexibility index (Phi) is 5.32. The highest BCUT2D eigenvalue weighted by Crippen LogP contribution is 2.51. The Labute approximate surface area is 194 Å². The summed E-state index contributed by atoms with van der Waals surface area (Å²) in [5, 5.41) is 11.6. The van der Waals surface area contributed by atoms with Crippen molar-refractivity contribution < 1.29 is 18.3 Å². The molecule has 2 aliphatic heterocycles. The van der Waals surface area contributed by atoms with Crippen LogP contribution in [0.1, 0.15) is 30.1 Å². The van der Waals surface area contributed by atoms with Gasteiger partial charge in [-0.2, -0.15) is 4.31 Å². The highest BCUT2D eigenvalue weighted by atomic mass is 32.2. The van der Waals surface area contributed by atoms with E-state index in [0.29, 0.717) is 6.54 Å². The van der Waals surface area contributed by atoms with Gasteiger partial charge in [-0.25, -0.2) is 13.4 Å². The second-order valence-corrected chi connectivity index (χ2v) is 11.2. The number of rotatable bonds is 4. The van der Waals surface area contributed by atoms with Gasteiger partial charge in [-0.15, -0.1) is 0 Å². The molecule has 33 heavy (non-hydrogen) atoms. The third-order valence-corrected chi connectivity index (χ3v) is 9.22. The van der Waals surface area contributed by atoms with Crippen LogP contribution < -0.4 is 4.74 Å². The molecule has 1 N–H and O–H groups in total. The normalized spacial score (nSPS) is 21.5. The molecule has 9 nitrogen and oxygen atoms in total. The molecule has 0 aliphatic carbocycles. The predicted octanol–water partition coefficient (Wildman–Crippen LogP) is 1.62. The van der Waals surface area contributed by atoms with E-state index in [9.17, 15) is 13.5 Å². The van der Waals surface area contributed by atoms with E-state index < -0.39 is 16.1 Å². The standard InChI is InChI=1S/C23H31N5O4S/c1-25-9-7-23(8-10-25)14-28(33(30,31)20-12-26(2)15-24-20)19(13-29)22-21(23)17-6-5-16(32-4)11-18(17)27(22)3/h5-6,11-12,15,19,29H,7-10,13-14H2,1-4H3/t19-/m1/s1. The first-order valence-corrected chi connectivity index (χ1v) is 12.6. The van der Waals surface area contributed by atoms with Gasteiger partial charge >= 0.3 is 0 Å².